The van der Waals surface area contributed by atoms with Gasteiger partial charge in [0.25, 0.3) is 0 Å². The summed E-state index contributed by atoms with van der Waals surface area (Å²) in [4.78, 5) is 0. The maximum absolute atomic E-state index is 9.28. The molecule has 1 aromatic rings. The average Bonchev–Trinajstić information content (AvgIpc) is 3.08. The van der Waals surface area contributed by atoms with E-state index in [0.717, 1.165) is 48.1 Å². The quantitative estimate of drug-likeness (QED) is 0.789. The van der Waals surface area contributed by atoms with Crippen LogP contribution in [0, 0.1) is 11.3 Å². The summed E-state index contributed by atoms with van der Waals surface area (Å²) >= 11 is 3.53. The van der Waals surface area contributed by atoms with Gasteiger partial charge in [-0.05, 0) is 43.4 Å². The Bertz CT molecular complexity index is 485. The number of hydrogen-bond donors (Lipinski definition) is 0. The lowest BCUT2D eigenvalue weighted by atomic mass is 9.92. The van der Waals surface area contributed by atoms with Crippen molar-refractivity contribution in [3.8, 4) is 11.8 Å². The fourth-order valence-electron chi connectivity index (χ4n) is 2.36. The molecular formula is C13H12BrNO. The van der Waals surface area contributed by atoms with Crippen molar-refractivity contribution in [2.45, 2.75) is 31.1 Å². The Morgan fingerprint density at radius 3 is 2.88 bits per heavy atom. The molecule has 0 atom stereocenters. The molecule has 1 heterocycles. The second kappa shape index (κ2) is 3.49. The van der Waals surface area contributed by atoms with Gasteiger partial charge in [-0.2, -0.15) is 5.26 Å². The summed E-state index contributed by atoms with van der Waals surface area (Å²) in [5.74, 6) is 0.980. The summed E-state index contributed by atoms with van der Waals surface area (Å²) in [6.45, 7) is 0.781. The van der Waals surface area contributed by atoms with Gasteiger partial charge in [0, 0.05) is 10.0 Å². The number of fused-ring (bicyclic) bond motifs is 1. The van der Waals surface area contributed by atoms with E-state index in [0.29, 0.717) is 0 Å². The summed E-state index contributed by atoms with van der Waals surface area (Å²) in [5, 5.41) is 9.28. The Morgan fingerprint density at radius 2 is 2.19 bits per heavy atom. The number of aryl methyl sites for hydroxylation is 1. The Morgan fingerprint density at radius 1 is 1.38 bits per heavy atom. The number of nitrogens with zero attached hydrogens (tertiary/aromatic N) is 1. The number of benzene rings is 1. The van der Waals surface area contributed by atoms with Gasteiger partial charge in [0.05, 0.1) is 18.1 Å². The molecule has 0 saturated heterocycles. The fourth-order valence-corrected chi connectivity index (χ4v) is 2.87. The molecule has 0 amide bonds. The van der Waals surface area contributed by atoms with Gasteiger partial charge < -0.3 is 4.74 Å². The van der Waals surface area contributed by atoms with Crippen LogP contribution in [0.15, 0.2) is 16.6 Å². The maximum Gasteiger partial charge on any atom is 0.127 e. The second-order valence-corrected chi connectivity index (χ2v) is 5.50. The van der Waals surface area contributed by atoms with Crippen LogP contribution < -0.4 is 4.74 Å². The SMILES string of the molecule is N#CC1(c2cc(Br)cc3c2OCCC3)CC1. The third-order valence-corrected chi connectivity index (χ3v) is 3.90. The monoisotopic (exact) mass is 277 g/mol. The first-order valence-electron chi connectivity index (χ1n) is 5.62. The van der Waals surface area contributed by atoms with E-state index in [1.54, 1.807) is 0 Å². The standard InChI is InChI=1S/C13H12BrNO/c14-10-6-9-2-1-5-16-12(9)11(7-10)13(8-15)3-4-13/h6-7H,1-5H2. The van der Waals surface area contributed by atoms with Crippen LogP contribution >= 0.6 is 15.9 Å². The van der Waals surface area contributed by atoms with Gasteiger partial charge >= 0.3 is 0 Å². The minimum Gasteiger partial charge on any atom is -0.493 e. The van der Waals surface area contributed by atoms with Gasteiger partial charge in [0.1, 0.15) is 5.75 Å². The van der Waals surface area contributed by atoms with E-state index in [4.69, 9.17) is 4.74 Å². The van der Waals surface area contributed by atoms with E-state index >= 15 is 0 Å². The summed E-state index contributed by atoms with van der Waals surface area (Å²) in [6.07, 6.45) is 4.07. The van der Waals surface area contributed by atoms with Gasteiger partial charge in [-0.25, -0.2) is 0 Å². The van der Waals surface area contributed by atoms with Crippen molar-refractivity contribution < 1.29 is 4.74 Å². The number of nitriles is 1. The first-order chi connectivity index (χ1) is 7.75. The van der Waals surface area contributed by atoms with Crippen molar-refractivity contribution in [2.75, 3.05) is 6.61 Å². The molecule has 2 nitrogen and oxygen atoms in total. The van der Waals surface area contributed by atoms with E-state index < -0.39 is 0 Å². The molecule has 1 saturated carbocycles. The molecule has 0 radical (unpaired) electrons. The molecule has 3 rings (SSSR count). The Kier molecular flexibility index (Phi) is 2.22. The smallest absolute Gasteiger partial charge is 0.127 e. The predicted molar refractivity (Wildman–Crippen MR) is 64.5 cm³/mol. The molecule has 0 N–H and O–H groups in total. The van der Waals surface area contributed by atoms with E-state index in [2.05, 4.69) is 34.1 Å². The van der Waals surface area contributed by atoms with Gasteiger partial charge in [-0.3, -0.25) is 0 Å². The minimum absolute atomic E-state index is 0.259. The third kappa shape index (κ3) is 1.44. The van der Waals surface area contributed by atoms with E-state index in [1.165, 1.54) is 5.56 Å². The molecule has 82 valence electrons. The molecule has 2 aliphatic rings. The van der Waals surface area contributed by atoms with Crippen molar-refractivity contribution in [1.82, 2.24) is 0 Å². The molecule has 1 aromatic carbocycles. The highest BCUT2D eigenvalue weighted by Crippen LogP contribution is 2.52. The van der Waals surface area contributed by atoms with Crippen LogP contribution in [0.3, 0.4) is 0 Å². The van der Waals surface area contributed by atoms with Crippen molar-refractivity contribution in [2.24, 2.45) is 0 Å². The Hall–Kier alpha value is -1.01. The van der Waals surface area contributed by atoms with Crippen molar-refractivity contribution in [3.05, 3.63) is 27.7 Å². The topological polar surface area (TPSA) is 33.0 Å². The number of hydrogen-bond acceptors (Lipinski definition) is 2. The van der Waals surface area contributed by atoms with Crippen LogP contribution in [-0.4, -0.2) is 6.61 Å². The van der Waals surface area contributed by atoms with Crippen LogP contribution in [0.2, 0.25) is 0 Å². The molecule has 1 aliphatic carbocycles. The van der Waals surface area contributed by atoms with Gasteiger partial charge in [0.15, 0.2) is 0 Å². The van der Waals surface area contributed by atoms with Gasteiger partial charge in [-0.1, -0.05) is 15.9 Å². The molecule has 0 bridgehead atoms. The average molecular weight is 278 g/mol. The van der Waals surface area contributed by atoms with Crippen LogP contribution in [0.5, 0.6) is 5.75 Å². The molecule has 16 heavy (non-hydrogen) atoms. The highest BCUT2D eigenvalue weighted by atomic mass is 79.9. The largest absolute Gasteiger partial charge is 0.493 e. The van der Waals surface area contributed by atoms with Crippen molar-refractivity contribution in [1.29, 1.82) is 5.26 Å². The molecule has 0 spiro atoms. The summed E-state index contributed by atoms with van der Waals surface area (Å²) in [5.41, 5.74) is 2.08. The van der Waals surface area contributed by atoms with Crippen LogP contribution in [-0.2, 0) is 11.8 Å². The van der Waals surface area contributed by atoms with Crippen molar-refractivity contribution in [3.63, 3.8) is 0 Å². The summed E-state index contributed by atoms with van der Waals surface area (Å²) < 4.78 is 6.83. The summed E-state index contributed by atoms with van der Waals surface area (Å²) in [7, 11) is 0. The molecule has 3 heteroatoms. The zero-order chi connectivity index (χ0) is 11.2. The maximum atomic E-state index is 9.28. The molecule has 0 unspecified atom stereocenters. The summed E-state index contributed by atoms with van der Waals surface area (Å²) in [6, 6.07) is 6.62. The number of rotatable bonds is 1. The highest BCUT2D eigenvalue weighted by molar-refractivity contribution is 9.10. The van der Waals surface area contributed by atoms with Crippen LogP contribution in [0.1, 0.15) is 30.4 Å². The first-order valence-corrected chi connectivity index (χ1v) is 6.41. The Labute approximate surface area is 103 Å². The highest BCUT2D eigenvalue weighted by Gasteiger charge is 2.47. The number of halogens is 1. The number of ether oxygens (including phenoxy) is 1. The lowest BCUT2D eigenvalue weighted by molar-refractivity contribution is 0.284. The van der Waals surface area contributed by atoms with E-state index in [9.17, 15) is 5.26 Å². The predicted octanol–water partition coefficient (Wildman–Crippen LogP) is 3.33. The van der Waals surface area contributed by atoms with Gasteiger partial charge in [0.2, 0.25) is 0 Å². The normalized spacial score (nSPS) is 20.5. The van der Waals surface area contributed by atoms with E-state index in [1.807, 2.05) is 0 Å². The fraction of sp³-hybridized carbons (Fsp3) is 0.462. The third-order valence-electron chi connectivity index (χ3n) is 3.45. The zero-order valence-corrected chi connectivity index (χ0v) is 10.5. The molecule has 0 aromatic heterocycles. The first kappa shape index (κ1) is 10.2. The van der Waals surface area contributed by atoms with E-state index in [-0.39, 0.29) is 5.41 Å². The Balaban J connectivity index is 2.17. The molecule has 1 aliphatic heterocycles. The molecule has 1 fully saturated rings. The lowest BCUT2D eigenvalue weighted by Crippen LogP contribution is -2.14. The van der Waals surface area contributed by atoms with Crippen LogP contribution in [0.25, 0.3) is 0 Å². The zero-order valence-electron chi connectivity index (χ0n) is 8.92. The van der Waals surface area contributed by atoms with Crippen molar-refractivity contribution >= 4 is 15.9 Å². The van der Waals surface area contributed by atoms with Gasteiger partial charge in [-0.15, -0.1) is 0 Å². The minimum atomic E-state index is -0.259. The lowest BCUT2D eigenvalue weighted by Gasteiger charge is -2.22. The second-order valence-electron chi connectivity index (χ2n) is 4.59. The molecular weight excluding hydrogens is 266 g/mol. The van der Waals surface area contributed by atoms with Crippen LogP contribution in [0.4, 0.5) is 0 Å².